The van der Waals surface area contributed by atoms with E-state index in [4.69, 9.17) is 14.1 Å². The van der Waals surface area contributed by atoms with Gasteiger partial charge in [-0.1, -0.05) is 6.92 Å². The van der Waals surface area contributed by atoms with Crippen molar-refractivity contribution >= 4 is 19.0 Å². The lowest BCUT2D eigenvalue weighted by atomic mass is 9.97. The van der Waals surface area contributed by atoms with Crippen molar-refractivity contribution < 1.29 is 27.6 Å². The molecule has 0 saturated carbocycles. The van der Waals surface area contributed by atoms with Gasteiger partial charge in [-0.15, -0.1) is 0 Å². The zero-order chi connectivity index (χ0) is 19.1. The van der Waals surface area contributed by atoms with Crippen LogP contribution in [0.1, 0.15) is 29.3 Å². The fourth-order valence-electron chi connectivity index (χ4n) is 2.49. The van der Waals surface area contributed by atoms with E-state index in [0.29, 0.717) is 22.6 Å². The Labute approximate surface area is 151 Å². The molecule has 4 nitrogen and oxygen atoms in total. The number of carbonyl (C=O) groups excluding carboxylic acids is 1. The SMILES string of the molecule is CC/C(C(=O)c1ccc(OC)cc1)=C(\OB(F)F)c1ccc(OC)cc1. The van der Waals surface area contributed by atoms with Crippen LogP contribution in [0, 0.1) is 0 Å². The Hall–Kier alpha value is -2.83. The standard InChI is InChI=1S/C19H19BF2O4/c1-4-17(18(23)13-5-9-15(24-2)10-6-13)19(26-20(21)22)14-7-11-16(25-3)12-8-14/h5-12H,4H2,1-3H3/b19-17+. The van der Waals surface area contributed by atoms with Crippen LogP contribution in [-0.2, 0) is 4.65 Å². The van der Waals surface area contributed by atoms with Crippen LogP contribution in [0.25, 0.3) is 5.76 Å². The number of rotatable bonds is 8. The normalized spacial score (nSPS) is 11.4. The summed E-state index contributed by atoms with van der Waals surface area (Å²) >= 11 is 0. The van der Waals surface area contributed by atoms with Gasteiger partial charge in [0.15, 0.2) is 5.78 Å². The van der Waals surface area contributed by atoms with Crippen LogP contribution in [0.3, 0.4) is 0 Å². The molecule has 0 aliphatic heterocycles. The van der Waals surface area contributed by atoms with E-state index < -0.39 is 7.47 Å². The first kappa shape index (κ1) is 19.5. The van der Waals surface area contributed by atoms with Gasteiger partial charge < -0.3 is 14.1 Å². The molecule has 0 atom stereocenters. The Balaban J connectivity index is 2.49. The fraction of sp³-hybridized carbons (Fsp3) is 0.211. The predicted octanol–water partition coefficient (Wildman–Crippen LogP) is 4.65. The van der Waals surface area contributed by atoms with E-state index in [1.807, 2.05) is 0 Å². The summed E-state index contributed by atoms with van der Waals surface area (Å²) in [6, 6.07) is 12.9. The Kier molecular flexibility index (Phi) is 6.78. The third-order valence-electron chi connectivity index (χ3n) is 3.81. The average Bonchev–Trinajstić information content (AvgIpc) is 2.67. The van der Waals surface area contributed by atoms with Crippen LogP contribution in [0.2, 0.25) is 0 Å². The molecule has 7 heteroatoms. The molecule has 0 saturated heterocycles. The van der Waals surface area contributed by atoms with Crippen molar-refractivity contribution in [2.24, 2.45) is 0 Å². The number of Topliss-reactive ketones (excluding diaryl/α,β-unsaturated/α-hetero) is 1. The van der Waals surface area contributed by atoms with E-state index >= 15 is 0 Å². The van der Waals surface area contributed by atoms with Gasteiger partial charge in [0.05, 0.1) is 14.2 Å². The van der Waals surface area contributed by atoms with E-state index in [2.05, 4.69) is 0 Å². The van der Waals surface area contributed by atoms with Crippen LogP contribution in [0.4, 0.5) is 8.63 Å². The van der Waals surface area contributed by atoms with E-state index in [1.165, 1.54) is 14.2 Å². The maximum atomic E-state index is 13.0. The van der Waals surface area contributed by atoms with Gasteiger partial charge >= 0.3 is 7.47 Å². The summed E-state index contributed by atoms with van der Waals surface area (Å²) in [7, 11) is -0.0178. The second-order valence-electron chi connectivity index (χ2n) is 5.33. The van der Waals surface area contributed by atoms with Gasteiger partial charge in [0, 0.05) is 16.7 Å². The number of ether oxygens (including phenoxy) is 2. The van der Waals surface area contributed by atoms with Crippen molar-refractivity contribution in [3.05, 3.63) is 65.2 Å². The summed E-state index contributed by atoms with van der Waals surface area (Å²) < 4.78 is 40.8. The molecule has 0 fully saturated rings. The molecule has 0 N–H and O–H groups in total. The number of carbonyl (C=O) groups is 1. The maximum Gasteiger partial charge on any atom is 0.796 e. The Morgan fingerprint density at radius 3 is 1.73 bits per heavy atom. The van der Waals surface area contributed by atoms with Gasteiger partial charge in [0.25, 0.3) is 0 Å². The van der Waals surface area contributed by atoms with Gasteiger partial charge in [0.1, 0.15) is 17.3 Å². The monoisotopic (exact) mass is 360 g/mol. The summed E-state index contributed by atoms with van der Waals surface area (Å²) in [6.07, 6.45) is 0.235. The molecule has 0 aromatic heterocycles. The molecular formula is C19H19BF2O4. The molecule has 0 bridgehead atoms. The number of hydrogen-bond donors (Lipinski definition) is 0. The predicted molar refractivity (Wildman–Crippen MR) is 96.6 cm³/mol. The van der Waals surface area contributed by atoms with E-state index in [1.54, 1.807) is 55.5 Å². The molecule has 26 heavy (non-hydrogen) atoms. The molecule has 0 aliphatic carbocycles. The van der Waals surface area contributed by atoms with Crippen molar-refractivity contribution in [3.63, 3.8) is 0 Å². The lowest BCUT2D eigenvalue weighted by Gasteiger charge is -2.15. The number of methoxy groups -OCH3 is 2. The average molecular weight is 360 g/mol. The first-order valence-electron chi connectivity index (χ1n) is 8.01. The second kappa shape index (κ2) is 9.03. The highest BCUT2D eigenvalue weighted by molar-refractivity contribution is 6.36. The summed E-state index contributed by atoms with van der Waals surface area (Å²) in [5.41, 5.74) is 0.914. The lowest BCUT2D eigenvalue weighted by Crippen LogP contribution is -2.12. The molecule has 0 spiro atoms. The van der Waals surface area contributed by atoms with Crippen molar-refractivity contribution in [1.29, 1.82) is 0 Å². The number of allylic oxidation sites excluding steroid dienone is 1. The van der Waals surface area contributed by atoms with Gasteiger partial charge in [-0.25, -0.2) is 8.63 Å². The smallest absolute Gasteiger partial charge is 0.504 e. The molecule has 0 unspecified atom stereocenters. The van der Waals surface area contributed by atoms with Crippen molar-refractivity contribution in [1.82, 2.24) is 0 Å². The largest absolute Gasteiger partial charge is 0.796 e. The minimum Gasteiger partial charge on any atom is -0.504 e. The Morgan fingerprint density at radius 1 is 0.885 bits per heavy atom. The summed E-state index contributed by atoms with van der Waals surface area (Å²) in [5, 5.41) is 0. The molecule has 136 valence electrons. The van der Waals surface area contributed by atoms with Crippen molar-refractivity contribution in [2.75, 3.05) is 14.2 Å². The number of ketones is 1. The number of halogens is 2. The first-order valence-corrected chi connectivity index (χ1v) is 8.01. The maximum absolute atomic E-state index is 13.0. The molecule has 0 aliphatic rings. The van der Waals surface area contributed by atoms with Crippen LogP contribution < -0.4 is 9.47 Å². The van der Waals surface area contributed by atoms with Gasteiger partial charge in [-0.3, -0.25) is 4.79 Å². The second-order valence-corrected chi connectivity index (χ2v) is 5.33. The quantitative estimate of drug-likeness (QED) is 0.298. The summed E-state index contributed by atoms with van der Waals surface area (Å²) in [6.45, 7) is 1.72. The molecule has 2 aromatic rings. The molecule has 2 rings (SSSR count). The summed E-state index contributed by atoms with van der Waals surface area (Å²) in [4.78, 5) is 12.8. The Bertz CT molecular complexity index is 771. The van der Waals surface area contributed by atoms with E-state index in [-0.39, 0.29) is 23.5 Å². The third kappa shape index (κ3) is 4.62. The zero-order valence-electron chi connectivity index (χ0n) is 14.8. The highest BCUT2D eigenvalue weighted by atomic mass is 19.2. The molecule has 0 radical (unpaired) electrons. The van der Waals surface area contributed by atoms with Crippen LogP contribution in [0.15, 0.2) is 54.1 Å². The molecule has 0 heterocycles. The van der Waals surface area contributed by atoms with Crippen molar-refractivity contribution in [2.45, 2.75) is 13.3 Å². The number of benzene rings is 2. The van der Waals surface area contributed by atoms with E-state index in [0.717, 1.165) is 0 Å². The van der Waals surface area contributed by atoms with Crippen LogP contribution >= 0.6 is 0 Å². The topological polar surface area (TPSA) is 44.8 Å². The van der Waals surface area contributed by atoms with E-state index in [9.17, 15) is 13.4 Å². The van der Waals surface area contributed by atoms with Crippen LogP contribution in [0.5, 0.6) is 11.5 Å². The minimum absolute atomic E-state index is 0.133. The lowest BCUT2D eigenvalue weighted by molar-refractivity contribution is 0.103. The van der Waals surface area contributed by atoms with Crippen molar-refractivity contribution in [3.8, 4) is 11.5 Å². The highest BCUT2D eigenvalue weighted by Crippen LogP contribution is 2.28. The summed E-state index contributed by atoms with van der Waals surface area (Å²) in [5.74, 6) is 0.667. The van der Waals surface area contributed by atoms with Crippen LogP contribution in [-0.4, -0.2) is 27.5 Å². The van der Waals surface area contributed by atoms with Gasteiger partial charge in [-0.2, -0.15) is 0 Å². The minimum atomic E-state index is -3.04. The van der Waals surface area contributed by atoms with Gasteiger partial charge in [-0.05, 0) is 55.0 Å². The third-order valence-corrected chi connectivity index (χ3v) is 3.81. The highest BCUT2D eigenvalue weighted by Gasteiger charge is 2.25. The molecule has 2 aromatic carbocycles. The first-order chi connectivity index (χ1) is 12.5. The number of hydrogen-bond acceptors (Lipinski definition) is 4. The molecule has 0 amide bonds. The van der Waals surface area contributed by atoms with Gasteiger partial charge in [0.2, 0.25) is 0 Å². The molecular weight excluding hydrogens is 341 g/mol. The Morgan fingerprint density at radius 2 is 1.35 bits per heavy atom. The fourth-order valence-corrected chi connectivity index (χ4v) is 2.49. The zero-order valence-corrected chi connectivity index (χ0v) is 14.8.